The van der Waals surface area contributed by atoms with Gasteiger partial charge in [-0.3, -0.25) is 19.8 Å². The van der Waals surface area contributed by atoms with E-state index in [1.807, 2.05) is 42.5 Å². The van der Waals surface area contributed by atoms with E-state index in [1.165, 1.54) is 36.1 Å². The van der Waals surface area contributed by atoms with Crippen LogP contribution in [0.15, 0.2) is 66.7 Å². The molecule has 0 spiro atoms. The Labute approximate surface area is 200 Å². The van der Waals surface area contributed by atoms with Gasteiger partial charge in [0.25, 0.3) is 5.69 Å². The zero-order valence-corrected chi connectivity index (χ0v) is 19.4. The smallest absolute Gasteiger partial charge is 0.412 e. The van der Waals surface area contributed by atoms with Gasteiger partial charge >= 0.3 is 6.09 Å². The third-order valence-electron chi connectivity index (χ3n) is 5.81. The first kappa shape index (κ1) is 23.7. The molecule has 1 amide bonds. The number of benzene rings is 3. The van der Waals surface area contributed by atoms with Crippen LogP contribution in [0.4, 0.5) is 10.5 Å². The largest absolute Gasteiger partial charge is 0.444 e. The highest BCUT2D eigenvalue weighted by Crippen LogP contribution is 2.37. The summed E-state index contributed by atoms with van der Waals surface area (Å²) >= 11 is 1.11. The number of nitrogens with zero attached hydrogens (tertiary/aromatic N) is 2. The number of hydrogen-bond donors (Lipinski definition) is 1. The van der Waals surface area contributed by atoms with E-state index in [2.05, 4.69) is 0 Å². The monoisotopic (exact) mass is 480 g/mol. The molecule has 0 unspecified atom stereocenters. The fraction of sp³-hybridized carbons (Fsp3) is 0.280. The molecular weight excluding hydrogens is 456 g/mol. The van der Waals surface area contributed by atoms with Crippen LogP contribution in [0, 0.1) is 10.1 Å². The first-order valence-corrected chi connectivity index (χ1v) is 11.7. The molecule has 3 aromatic rings. The molecule has 3 aromatic carbocycles. The molecule has 8 nitrogen and oxygen atoms in total. The van der Waals surface area contributed by atoms with Crippen molar-refractivity contribution in [2.24, 2.45) is 0 Å². The molecule has 0 bridgehead atoms. The number of fused-ring (bicyclic) bond motifs is 1. The minimum atomic E-state index is -1.51. The molecule has 1 N–H and O–H groups in total. The van der Waals surface area contributed by atoms with E-state index in [9.17, 15) is 24.8 Å². The van der Waals surface area contributed by atoms with Gasteiger partial charge < -0.3 is 9.84 Å². The Balaban J connectivity index is 1.51. The lowest BCUT2D eigenvalue weighted by Crippen LogP contribution is -2.49. The Hall–Kier alpha value is -3.43. The molecule has 1 saturated heterocycles. The minimum Gasteiger partial charge on any atom is -0.444 e. The number of likely N-dealkylation sites (tertiary alicyclic amines) is 1. The highest BCUT2D eigenvalue weighted by atomic mass is 32.2. The first-order valence-electron chi connectivity index (χ1n) is 10.8. The van der Waals surface area contributed by atoms with Crippen molar-refractivity contribution in [2.75, 3.05) is 6.54 Å². The Kier molecular flexibility index (Phi) is 6.85. The molecule has 1 aliphatic heterocycles. The lowest BCUT2D eigenvalue weighted by Gasteiger charge is -2.33. The number of aliphatic hydroxyl groups is 1. The van der Waals surface area contributed by atoms with E-state index in [0.29, 0.717) is 5.56 Å². The zero-order valence-electron chi connectivity index (χ0n) is 18.5. The first-order chi connectivity index (χ1) is 16.2. The number of nitro groups is 1. The lowest BCUT2D eigenvalue weighted by molar-refractivity contribution is -0.384. The SMILES string of the molecule is CC(=O)S[C@@H]1CN(C(=O)OCc2ccc([N+](=O)[O-])cc2)[C@](O)(Cc2ccc3ccccc3c2)C1. The molecule has 0 aliphatic carbocycles. The average molecular weight is 481 g/mol. The molecule has 0 aromatic heterocycles. The molecule has 4 rings (SSSR count). The summed E-state index contributed by atoms with van der Waals surface area (Å²) in [5.41, 5.74) is -0.112. The predicted octanol–water partition coefficient (Wildman–Crippen LogP) is 4.67. The average Bonchev–Trinajstić information content (AvgIpc) is 3.12. The van der Waals surface area contributed by atoms with Gasteiger partial charge in [0.1, 0.15) is 12.3 Å². The maximum atomic E-state index is 13.0. The second-order valence-electron chi connectivity index (χ2n) is 8.37. The van der Waals surface area contributed by atoms with Crippen molar-refractivity contribution < 1.29 is 24.4 Å². The zero-order chi connectivity index (χ0) is 24.3. The summed E-state index contributed by atoms with van der Waals surface area (Å²) in [6.45, 7) is 1.54. The van der Waals surface area contributed by atoms with Crippen LogP contribution in [0.5, 0.6) is 0 Å². The van der Waals surface area contributed by atoms with Gasteiger partial charge in [0, 0.05) is 43.7 Å². The summed E-state index contributed by atoms with van der Waals surface area (Å²) in [5, 5.41) is 24.1. The van der Waals surface area contributed by atoms with Gasteiger partial charge in [0.15, 0.2) is 5.12 Å². The fourth-order valence-electron chi connectivity index (χ4n) is 4.25. The molecule has 0 saturated carbocycles. The van der Waals surface area contributed by atoms with Gasteiger partial charge in [-0.15, -0.1) is 0 Å². The maximum absolute atomic E-state index is 13.0. The molecule has 2 atom stereocenters. The second-order valence-corrected chi connectivity index (χ2v) is 9.84. The van der Waals surface area contributed by atoms with Gasteiger partial charge in [-0.2, -0.15) is 0 Å². The molecule has 1 aliphatic rings. The van der Waals surface area contributed by atoms with E-state index in [1.54, 1.807) is 0 Å². The summed E-state index contributed by atoms with van der Waals surface area (Å²) in [7, 11) is 0. The number of thioether (sulfide) groups is 1. The summed E-state index contributed by atoms with van der Waals surface area (Å²) in [6, 6.07) is 19.5. The normalized spacial score (nSPS) is 19.8. The number of carbonyl (C=O) groups excluding carboxylic acids is 2. The van der Waals surface area contributed by atoms with Crippen LogP contribution in [0.1, 0.15) is 24.5 Å². The quantitative estimate of drug-likeness (QED) is 0.403. The molecule has 0 radical (unpaired) electrons. The van der Waals surface area contributed by atoms with Crippen LogP contribution in [0.3, 0.4) is 0 Å². The summed E-state index contributed by atoms with van der Waals surface area (Å²) in [6.07, 6.45) is -0.274. The van der Waals surface area contributed by atoms with Crippen molar-refractivity contribution in [2.45, 2.75) is 37.3 Å². The van der Waals surface area contributed by atoms with Crippen LogP contribution in [-0.2, 0) is 22.6 Å². The van der Waals surface area contributed by atoms with Crippen LogP contribution in [-0.4, -0.2) is 43.7 Å². The van der Waals surface area contributed by atoms with Crippen molar-refractivity contribution in [3.05, 3.63) is 88.0 Å². The van der Waals surface area contributed by atoms with Gasteiger partial charge in [0.05, 0.1) is 4.92 Å². The lowest BCUT2D eigenvalue weighted by atomic mass is 9.97. The van der Waals surface area contributed by atoms with Gasteiger partial charge in [-0.25, -0.2) is 4.79 Å². The van der Waals surface area contributed by atoms with Crippen LogP contribution < -0.4 is 0 Å². The Bertz CT molecular complexity index is 1230. The van der Waals surface area contributed by atoms with Gasteiger partial charge in [0.2, 0.25) is 0 Å². The predicted molar refractivity (Wildman–Crippen MR) is 129 cm³/mol. The van der Waals surface area contributed by atoms with Crippen LogP contribution in [0.2, 0.25) is 0 Å². The van der Waals surface area contributed by atoms with E-state index in [-0.39, 0.29) is 42.0 Å². The highest BCUT2D eigenvalue weighted by molar-refractivity contribution is 8.14. The van der Waals surface area contributed by atoms with Gasteiger partial charge in [-0.05, 0) is 34.0 Å². The number of non-ortho nitro benzene ring substituents is 1. The topological polar surface area (TPSA) is 110 Å². The van der Waals surface area contributed by atoms with Crippen molar-refractivity contribution in [1.82, 2.24) is 4.90 Å². The number of carbonyl (C=O) groups is 2. The van der Waals surface area contributed by atoms with E-state index in [0.717, 1.165) is 28.1 Å². The van der Waals surface area contributed by atoms with E-state index >= 15 is 0 Å². The number of hydrogen-bond acceptors (Lipinski definition) is 7. The number of rotatable bonds is 6. The number of ether oxygens (including phenoxy) is 1. The summed E-state index contributed by atoms with van der Waals surface area (Å²) < 4.78 is 5.43. The van der Waals surface area contributed by atoms with Crippen molar-refractivity contribution in [3.8, 4) is 0 Å². The van der Waals surface area contributed by atoms with E-state index in [4.69, 9.17) is 4.74 Å². The van der Waals surface area contributed by atoms with Gasteiger partial charge in [-0.1, -0.05) is 54.2 Å². The number of amides is 1. The Morgan fingerprint density at radius 1 is 1.12 bits per heavy atom. The minimum absolute atomic E-state index is 0.0523. The molecule has 176 valence electrons. The Morgan fingerprint density at radius 3 is 2.47 bits per heavy atom. The third-order valence-corrected chi connectivity index (χ3v) is 6.79. The highest BCUT2D eigenvalue weighted by Gasteiger charge is 2.48. The van der Waals surface area contributed by atoms with Crippen LogP contribution >= 0.6 is 11.8 Å². The van der Waals surface area contributed by atoms with Crippen LogP contribution in [0.25, 0.3) is 10.8 Å². The van der Waals surface area contributed by atoms with E-state index < -0.39 is 16.7 Å². The van der Waals surface area contributed by atoms with Crippen molar-refractivity contribution in [3.63, 3.8) is 0 Å². The third kappa shape index (κ3) is 5.37. The molecule has 9 heteroatoms. The Morgan fingerprint density at radius 2 is 1.79 bits per heavy atom. The van der Waals surface area contributed by atoms with Crippen molar-refractivity contribution >= 4 is 39.4 Å². The summed E-state index contributed by atoms with van der Waals surface area (Å²) in [5.74, 6) is 0. The number of nitro benzene ring substituents is 1. The fourth-order valence-corrected chi connectivity index (χ4v) is 5.29. The summed E-state index contributed by atoms with van der Waals surface area (Å²) in [4.78, 5) is 36.3. The standard InChI is InChI=1S/C25H24N2O6S/c1-17(28)34-23-14-25(30,13-19-6-9-20-4-2-3-5-21(20)12-19)26(15-23)24(29)33-16-18-7-10-22(11-8-18)27(31)32/h2-12,23,30H,13-16H2,1H3/t23-,25-/m0/s1. The van der Waals surface area contributed by atoms with Crippen molar-refractivity contribution in [1.29, 1.82) is 0 Å². The molecule has 34 heavy (non-hydrogen) atoms. The molecular formula is C25H24N2O6S. The molecule has 1 fully saturated rings. The second kappa shape index (κ2) is 9.82. The molecule has 1 heterocycles. The maximum Gasteiger partial charge on any atom is 0.412 e.